The molecule has 0 saturated carbocycles. The molecule has 2 rings (SSSR count). The highest BCUT2D eigenvalue weighted by atomic mass is 32.1. The van der Waals surface area contributed by atoms with Crippen LogP contribution in [0.4, 0.5) is 16.6 Å². The summed E-state index contributed by atoms with van der Waals surface area (Å²) in [6.45, 7) is 2.74. The summed E-state index contributed by atoms with van der Waals surface area (Å²) >= 11 is 1.63. The summed E-state index contributed by atoms with van der Waals surface area (Å²) < 4.78 is 0. The monoisotopic (exact) mass is 264 g/mol. The SMILES string of the molecule is Cc1nc(NCCCO)cc(Nc2cccs2)n1. The van der Waals surface area contributed by atoms with Gasteiger partial charge in [-0.1, -0.05) is 0 Å². The molecular weight excluding hydrogens is 248 g/mol. The van der Waals surface area contributed by atoms with Crippen molar-refractivity contribution in [3.05, 3.63) is 29.4 Å². The molecule has 0 aliphatic carbocycles. The zero-order chi connectivity index (χ0) is 12.8. The van der Waals surface area contributed by atoms with E-state index < -0.39 is 0 Å². The van der Waals surface area contributed by atoms with Gasteiger partial charge in [-0.3, -0.25) is 0 Å². The maximum Gasteiger partial charge on any atom is 0.136 e. The molecule has 0 atom stereocenters. The Morgan fingerprint density at radius 3 is 2.89 bits per heavy atom. The molecule has 0 saturated heterocycles. The van der Waals surface area contributed by atoms with Crippen LogP contribution in [0.3, 0.4) is 0 Å². The van der Waals surface area contributed by atoms with Crippen LogP contribution in [0.25, 0.3) is 0 Å². The number of hydrogen-bond donors (Lipinski definition) is 3. The van der Waals surface area contributed by atoms with Crippen molar-refractivity contribution in [2.24, 2.45) is 0 Å². The van der Waals surface area contributed by atoms with Crippen LogP contribution in [0, 0.1) is 6.92 Å². The van der Waals surface area contributed by atoms with Gasteiger partial charge in [-0.25, -0.2) is 9.97 Å². The molecule has 0 unspecified atom stereocenters. The first kappa shape index (κ1) is 12.8. The van der Waals surface area contributed by atoms with Crippen LogP contribution in [0.5, 0.6) is 0 Å². The van der Waals surface area contributed by atoms with Gasteiger partial charge in [0.15, 0.2) is 0 Å². The lowest BCUT2D eigenvalue weighted by atomic mass is 10.4. The second-order valence-corrected chi connectivity index (χ2v) is 4.74. The first-order valence-electron chi connectivity index (χ1n) is 5.79. The predicted molar refractivity (Wildman–Crippen MR) is 74.6 cm³/mol. The predicted octanol–water partition coefficient (Wildman–Crippen LogP) is 2.38. The van der Waals surface area contributed by atoms with E-state index in [1.165, 1.54) is 0 Å². The number of thiophene rings is 1. The maximum absolute atomic E-state index is 8.74. The van der Waals surface area contributed by atoms with E-state index in [9.17, 15) is 0 Å². The Balaban J connectivity index is 2.06. The van der Waals surface area contributed by atoms with Gasteiger partial charge in [0.25, 0.3) is 0 Å². The molecule has 18 heavy (non-hydrogen) atoms. The van der Waals surface area contributed by atoms with Crippen molar-refractivity contribution >= 4 is 28.0 Å². The highest BCUT2D eigenvalue weighted by Crippen LogP contribution is 2.21. The van der Waals surface area contributed by atoms with Gasteiger partial charge in [-0.2, -0.15) is 0 Å². The van der Waals surface area contributed by atoms with E-state index >= 15 is 0 Å². The van der Waals surface area contributed by atoms with E-state index in [4.69, 9.17) is 5.11 Å². The number of aromatic nitrogens is 2. The lowest BCUT2D eigenvalue weighted by Crippen LogP contribution is -2.07. The van der Waals surface area contributed by atoms with Crippen LogP contribution in [0.1, 0.15) is 12.2 Å². The Kier molecular flexibility index (Phi) is 4.49. The number of hydrogen-bond acceptors (Lipinski definition) is 6. The maximum atomic E-state index is 8.74. The summed E-state index contributed by atoms with van der Waals surface area (Å²) in [5.41, 5.74) is 0. The second kappa shape index (κ2) is 6.32. The molecular formula is C12H16N4OS. The van der Waals surface area contributed by atoms with Gasteiger partial charge in [-0.15, -0.1) is 11.3 Å². The Morgan fingerprint density at radius 2 is 2.17 bits per heavy atom. The molecule has 0 amide bonds. The van der Waals surface area contributed by atoms with Crippen LogP contribution in [-0.4, -0.2) is 28.2 Å². The Labute approximate surface area is 110 Å². The molecule has 0 aliphatic heterocycles. The van der Waals surface area contributed by atoms with E-state index in [-0.39, 0.29) is 6.61 Å². The number of rotatable bonds is 6. The van der Waals surface area contributed by atoms with Gasteiger partial charge in [0.2, 0.25) is 0 Å². The van der Waals surface area contributed by atoms with Gasteiger partial charge in [0, 0.05) is 19.2 Å². The molecule has 2 aromatic heterocycles. The topological polar surface area (TPSA) is 70.1 Å². The van der Waals surface area contributed by atoms with Crippen LogP contribution in [-0.2, 0) is 0 Å². The van der Waals surface area contributed by atoms with Crippen LogP contribution < -0.4 is 10.6 Å². The van der Waals surface area contributed by atoms with Crippen LogP contribution >= 0.6 is 11.3 Å². The highest BCUT2D eigenvalue weighted by molar-refractivity contribution is 7.14. The first-order chi connectivity index (χ1) is 8.78. The molecule has 5 nitrogen and oxygen atoms in total. The minimum atomic E-state index is 0.178. The third-order valence-corrected chi connectivity index (χ3v) is 3.04. The molecule has 0 radical (unpaired) electrons. The van der Waals surface area contributed by atoms with Crippen molar-refractivity contribution in [2.75, 3.05) is 23.8 Å². The third-order valence-electron chi connectivity index (χ3n) is 2.25. The van der Waals surface area contributed by atoms with E-state index in [2.05, 4.69) is 20.6 Å². The fraction of sp³-hybridized carbons (Fsp3) is 0.333. The zero-order valence-electron chi connectivity index (χ0n) is 10.2. The quantitative estimate of drug-likeness (QED) is 0.699. The van der Waals surface area contributed by atoms with Gasteiger partial charge < -0.3 is 15.7 Å². The molecule has 2 heterocycles. The summed E-state index contributed by atoms with van der Waals surface area (Å²) in [5.74, 6) is 2.26. The Bertz CT molecular complexity index is 487. The summed E-state index contributed by atoms with van der Waals surface area (Å²) in [7, 11) is 0. The molecule has 0 bridgehead atoms. The minimum absolute atomic E-state index is 0.178. The van der Waals surface area contributed by atoms with E-state index in [1.54, 1.807) is 11.3 Å². The molecule has 96 valence electrons. The average molecular weight is 264 g/mol. The molecule has 2 aromatic rings. The highest BCUT2D eigenvalue weighted by Gasteiger charge is 2.02. The van der Waals surface area contributed by atoms with Crippen molar-refractivity contribution in [3.8, 4) is 0 Å². The minimum Gasteiger partial charge on any atom is -0.396 e. The lowest BCUT2D eigenvalue weighted by Gasteiger charge is -2.08. The van der Waals surface area contributed by atoms with Crippen molar-refractivity contribution in [1.82, 2.24) is 9.97 Å². The second-order valence-electron chi connectivity index (χ2n) is 3.79. The number of nitrogens with one attached hydrogen (secondary N) is 2. The first-order valence-corrected chi connectivity index (χ1v) is 6.67. The van der Waals surface area contributed by atoms with Gasteiger partial charge in [0.1, 0.15) is 17.5 Å². The summed E-state index contributed by atoms with van der Waals surface area (Å²) in [5, 5.41) is 18.2. The normalized spacial score (nSPS) is 10.3. The smallest absolute Gasteiger partial charge is 0.136 e. The van der Waals surface area contributed by atoms with Gasteiger partial charge >= 0.3 is 0 Å². The summed E-state index contributed by atoms with van der Waals surface area (Å²) in [6.07, 6.45) is 0.705. The van der Waals surface area contributed by atoms with Crippen molar-refractivity contribution < 1.29 is 5.11 Å². The molecule has 0 aromatic carbocycles. The molecule has 3 N–H and O–H groups in total. The number of aryl methyl sites for hydroxylation is 1. The van der Waals surface area contributed by atoms with Crippen molar-refractivity contribution in [3.63, 3.8) is 0 Å². The summed E-state index contributed by atoms with van der Waals surface area (Å²) in [6, 6.07) is 5.85. The molecule has 6 heteroatoms. The fourth-order valence-electron chi connectivity index (χ4n) is 1.49. The largest absolute Gasteiger partial charge is 0.396 e. The zero-order valence-corrected chi connectivity index (χ0v) is 11.0. The van der Waals surface area contributed by atoms with Gasteiger partial charge in [0.05, 0.1) is 5.00 Å². The standard InChI is InChI=1S/C12H16N4OS/c1-9-14-10(13-5-3-6-17)8-11(15-9)16-12-4-2-7-18-12/h2,4,7-8,17H,3,5-6H2,1H3,(H2,13,14,15,16). The number of nitrogens with zero attached hydrogens (tertiary/aromatic N) is 2. The third kappa shape index (κ3) is 3.68. The Morgan fingerprint density at radius 1 is 1.33 bits per heavy atom. The van der Waals surface area contributed by atoms with E-state index in [0.29, 0.717) is 18.8 Å². The molecule has 0 fully saturated rings. The van der Waals surface area contributed by atoms with Crippen molar-refractivity contribution in [1.29, 1.82) is 0 Å². The molecule has 0 spiro atoms. The number of anilines is 3. The average Bonchev–Trinajstić information content (AvgIpc) is 2.81. The van der Waals surface area contributed by atoms with Gasteiger partial charge in [-0.05, 0) is 30.9 Å². The van der Waals surface area contributed by atoms with Crippen LogP contribution in [0.2, 0.25) is 0 Å². The fourth-order valence-corrected chi connectivity index (χ4v) is 2.12. The summed E-state index contributed by atoms with van der Waals surface area (Å²) in [4.78, 5) is 8.63. The Hall–Kier alpha value is -1.66. The van der Waals surface area contributed by atoms with E-state index in [0.717, 1.165) is 16.6 Å². The van der Waals surface area contributed by atoms with Crippen molar-refractivity contribution in [2.45, 2.75) is 13.3 Å². The lowest BCUT2D eigenvalue weighted by molar-refractivity contribution is 0.292. The van der Waals surface area contributed by atoms with E-state index in [1.807, 2.05) is 30.5 Å². The number of aliphatic hydroxyl groups is 1. The number of aliphatic hydroxyl groups excluding tert-OH is 1. The molecule has 0 aliphatic rings. The van der Waals surface area contributed by atoms with Crippen LogP contribution in [0.15, 0.2) is 23.6 Å².